The highest BCUT2D eigenvalue weighted by molar-refractivity contribution is 5.79. The average molecular weight is 218 g/mol. The second kappa shape index (κ2) is 3.96. The molecule has 0 fully saturated rings. The summed E-state index contributed by atoms with van der Waals surface area (Å²) in [5.74, 6) is -0.798. The summed E-state index contributed by atoms with van der Waals surface area (Å²) in [6.07, 6.45) is 1.60. The second-order valence-electron chi connectivity index (χ2n) is 4.17. The van der Waals surface area contributed by atoms with E-state index in [1.807, 2.05) is 38.1 Å². The SMILES string of the molecule is CC(C)[C@@H](C(=O)O)n1cnc2ccccc21. The van der Waals surface area contributed by atoms with Crippen LogP contribution < -0.4 is 0 Å². The molecule has 0 unspecified atom stereocenters. The summed E-state index contributed by atoms with van der Waals surface area (Å²) >= 11 is 0. The molecule has 84 valence electrons. The molecule has 4 heteroatoms. The van der Waals surface area contributed by atoms with Crippen LogP contribution in [0.15, 0.2) is 30.6 Å². The Bertz CT molecular complexity index is 516. The van der Waals surface area contributed by atoms with Gasteiger partial charge in [0.1, 0.15) is 6.04 Å². The molecule has 0 saturated heterocycles. The molecular formula is C12H14N2O2. The number of rotatable bonds is 3. The third kappa shape index (κ3) is 1.66. The van der Waals surface area contributed by atoms with Crippen LogP contribution >= 0.6 is 0 Å². The van der Waals surface area contributed by atoms with E-state index in [2.05, 4.69) is 4.98 Å². The van der Waals surface area contributed by atoms with Crippen molar-refractivity contribution in [2.75, 3.05) is 0 Å². The minimum Gasteiger partial charge on any atom is -0.480 e. The van der Waals surface area contributed by atoms with Crippen LogP contribution in [0, 0.1) is 5.92 Å². The zero-order valence-corrected chi connectivity index (χ0v) is 9.29. The highest BCUT2D eigenvalue weighted by Gasteiger charge is 2.24. The normalized spacial score (nSPS) is 13.2. The molecule has 4 nitrogen and oxygen atoms in total. The molecule has 0 amide bonds. The summed E-state index contributed by atoms with van der Waals surface area (Å²) in [5.41, 5.74) is 1.69. The Morgan fingerprint density at radius 2 is 2.06 bits per heavy atom. The van der Waals surface area contributed by atoms with Crippen LogP contribution in [0.3, 0.4) is 0 Å². The smallest absolute Gasteiger partial charge is 0.327 e. The fourth-order valence-corrected chi connectivity index (χ4v) is 1.93. The van der Waals surface area contributed by atoms with E-state index in [4.69, 9.17) is 0 Å². The number of para-hydroxylation sites is 2. The number of carbonyl (C=O) groups is 1. The Labute approximate surface area is 93.5 Å². The van der Waals surface area contributed by atoms with Crippen molar-refractivity contribution in [3.05, 3.63) is 30.6 Å². The minimum absolute atomic E-state index is 0.0232. The van der Waals surface area contributed by atoms with Gasteiger partial charge in [0.25, 0.3) is 0 Å². The van der Waals surface area contributed by atoms with Crippen molar-refractivity contribution in [3.8, 4) is 0 Å². The molecule has 0 saturated carbocycles. The summed E-state index contributed by atoms with van der Waals surface area (Å²) in [7, 11) is 0. The van der Waals surface area contributed by atoms with Gasteiger partial charge in [-0.25, -0.2) is 9.78 Å². The lowest BCUT2D eigenvalue weighted by atomic mass is 10.0. The molecule has 16 heavy (non-hydrogen) atoms. The van der Waals surface area contributed by atoms with Crippen LogP contribution in [0.1, 0.15) is 19.9 Å². The Balaban J connectivity index is 2.57. The van der Waals surface area contributed by atoms with E-state index in [1.54, 1.807) is 10.9 Å². The molecule has 1 aromatic carbocycles. The van der Waals surface area contributed by atoms with E-state index >= 15 is 0 Å². The van der Waals surface area contributed by atoms with E-state index in [0.717, 1.165) is 11.0 Å². The number of aliphatic carboxylic acids is 1. The van der Waals surface area contributed by atoms with E-state index in [-0.39, 0.29) is 5.92 Å². The van der Waals surface area contributed by atoms with Gasteiger partial charge in [-0.15, -0.1) is 0 Å². The summed E-state index contributed by atoms with van der Waals surface area (Å²) in [4.78, 5) is 15.4. The van der Waals surface area contributed by atoms with Crippen molar-refractivity contribution in [2.45, 2.75) is 19.9 Å². The maximum Gasteiger partial charge on any atom is 0.327 e. The van der Waals surface area contributed by atoms with Crippen LogP contribution in [0.5, 0.6) is 0 Å². The monoisotopic (exact) mass is 218 g/mol. The lowest BCUT2D eigenvalue weighted by Gasteiger charge is -2.18. The summed E-state index contributed by atoms with van der Waals surface area (Å²) in [6.45, 7) is 3.79. The van der Waals surface area contributed by atoms with Crippen molar-refractivity contribution in [1.29, 1.82) is 0 Å². The van der Waals surface area contributed by atoms with E-state index in [0.29, 0.717) is 0 Å². The quantitative estimate of drug-likeness (QED) is 0.860. The Morgan fingerprint density at radius 3 is 2.69 bits per heavy atom. The number of nitrogens with zero attached hydrogens (tertiary/aromatic N) is 2. The molecule has 0 bridgehead atoms. The number of carboxylic acid groups (broad SMARTS) is 1. The van der Waals surface area contributed by atoms with Crippen LogP contribution in [0.2, 0.25) is 0 Å². The first-order chi connectivity index (χ1) is 7.61. The summed E-state index contributed by atoms with van der Waals surface area (Å²) in [5, 5.41) is 9.23. The molecule has 1 heterocycles. The van der Waals surface area contributed by atoms with Gasteiger partial charge in [0.15, 0.2) is 0 Å². The molecule has 0 aliphatic carbocycles. The van der Waals surface area contributed by atoms with Gasteiger partial charge in [0.2, 0.25) is 0 Å². The van der Waals surface area contributed by atoms with Gasteiger partial charge in [0.05, 0.1) is 17.4 Å². The number of hydrogen-bond acceptors (Lipinski definition) is 2. The Morgan fingerprint density at radius 1 is 1.38 bits per heavy atom. The van der Waals surface area contributed by atoms with Crippen LogP contribution in [-0.4, -0.2) is 20.6 Å². The van der Waals surface area contributed by atoms with Crippen LogP contribution in [0.25, 0.3) is 11.0 Å². The van der Waals surface area contributed by atoms with Crippen molar-refractivity contribution >= 4 is 17.0 Å². The topological polar surface area (TPSA) is 55.1 Å². The van der Waals surface area contributed by atoms with Gasteiger partial charge in [-0.05, 0) is 18.1 Å². The first-order valence-electron chi connectivity index (χ1n) is 5.25. The molecule has 2 rings (SSSR count). The molecule has 2 aromatic rings. The fourth-order valence-electron chi connectivity index (χ4n) is 1.93. The molecule has 1 N–H and O–H groups in total. The lowest BCUT2D eigenvalue weighted by molar-refractivity contribution is -0.142. The Hall–Kier alpha value is -1.84. The zero-order valence-electron chi connectivity index (χ0n) is 9.29. The van der Waals surface area contributed by atoms with Crippen molar-refractivity contribution < 1.29 is 9.90 Å². The van der Waals surface area contributed by atoms with Gasteiger partial charge in [-0.1, -0.05) is 26.0 Å². The largest absolute Gasteiger partial charge is 0.480 e. The number of benzene rings is 1. The molecule has 0 radical (unpaired) electrons. The zero-order chi connectivity index (χ0) is 11.7. The van der Waals surface area contributed by atoms with Crippen molar-refractivity contribution in [1.82, 2.24) is 9.55 Å². The third-order valence-corrected chi connectivity index (χ3v) is 2.67. The number of carboxylic acids is 1. The average Bonchev–Trinajstić information content (AvgIpc) is 2.61. The van der Waals surface area contributed by atoms with Gasteiger partial charge in [-0.3, -0.25) is 0 Å². The van der Waals surface area contributed by atoms with Gasteiger partial charge in [0, 0.05) is 0 Å². The van der Waals surface area contributed by atoms with E-state index in [1.165, 1.54) is 0 Å². The highest BCUT2D eigenvalue weighted by atomic mass is 16.4. The Kier molecular flexibility index (Phi) is 2.64. The van der Waals surface area contributed by atoms with E-state index in [9.17, 15) is 9.90 Å². The molecular weight excluding hydrogens is 204 g/mol. The molecule has 0 aliphatic heterocycles. The van der Waals surface area contributed by atoms with Crippen LogP contribution in [-0.2, 0) is 4.79 Å². The number of aromatic nitrogens is 2. The summed E-state index contributed by atoms with van der Waals surface area (Å²) in [6, 6.07) is 6.99. The first kappa shape index (κ1) is 10.7. The molecule has 1 atom stereocenters. The minimum atomic E-state index is -0.821. The van der Waals surface area contributed by atoms with Crippen LogP contribution in [0.4, 0.5) is 0 Å². The lowest BCUT2D eigenvalue weighted by Crippen LogP contribution is -2.23. The van der Waals surface area contributed by atoms with Crippen molar-refractivity contribution in [3.63, 3.8) is 0 Å². The van der Waals surface area contributed by atoms with Gasteiger partial charge >= 0.3 is 5.97 Å². The third-order valence-electron chi connectivity index (χ3n) is 2.67. The molecule has 1 aromatic heterocycles. The van der Waals surface area contributed by atoms with E-state index < -0.39 is 12.0 Å². The number of imidazole rings is 1. The summed E-state index contributed by atoms with van der Waals surface area (Å²) < 4.78 is 1.72. The number of fused-ring (bicyclic) bond motifs is 1. The molecule has 0 spiro atoms. The maximum atomic E-state index is 11.2. The highest BCUT2D eigenvalue weighted by Crippen LogP contribution is 2.23. The predicted octanol–water partition coefficient (Wildman–Crippen LogP) is 2.32. The fraction of sp³-hybridized carbons (Fsp3) is 0.333. The second-order valence-corrected chi connectivity index (χ2v) is 4.17. The maximum absolute atomic E-state index is 11.2. The standard InChI is InChI=1S/C12H14N2O2/c1-8(2)11(12(15)16)14-7-13-9-5-3-4-6-10(9)14/h3-8,11H,1-2H3,(H,15,16)/t11-/m0/s1. The number of hydrogen-bond donors (Lipinski definition) is 1. The van der Waals surface area contributed by atoms with Gasteiger partial charge < -0.3 is 9.67 Å². The van der Waals surface area contributed by atoms with Crippen molar-refractivity contribution in [2.24, 2.45) is 5.92 Å². The molecule has 0 aliphatic rings. The first-order valence-corrected chi connectivity index (χ1v) is 5.25. The van der Waals surface area contributed by atoms with Gasteiger partial charge in [-0.2, -0.15) is 0 Å². The predicted molar refractivity (Wildman–Crippen MR) is 61.2 cm³/mol.